The van der Waals surface area contributed by atoms with Crippen LogP contribution in [0.15, 0.2) is 48.6 Å². The van der Waals surface area contributed by atoms with Crippen molar-refractivity contribution in [2.75, 3.05) is 31.2 Å². The maximum Gasteiger partial charge on any atom is 0.329 e. The van der Waals surface area contributed by atoms with Gasteiger partial charge in [-0.2, -0.15) is 0 Å². The van der Waals surface area contributed by atoms with Crippen molar-refractivity contribution in [3.63, 3.8) is 0 Å². The number of fused-ring (bicyclic) bond motifs is 4. The number of aliphatic carboxylic acids is 1. The second kappa shape index (κ2) is 12.8. The van der Waals surface area contributed by atoms with E-state index in [1.54, 1.807) is 25.1 Å². The van der Waals surface area contributed by atoms with Gasteiger partial charge in [0.1, 0.15) is 12.4 Å². The van der Waals surface area contributed by atoms with Crippen molar-refractivity contribution >= 4 is 39.2 Å². The quantitative estimate of drug-likeness (QED) is 0.405. The molecule has 11 heteroatoms. The van der Waals surface area contributed by atoms with Crippen molar-refractivity contribution in [3.05, 3.63) is 70.3 Å². The Kier molecular flexibility index (Phi) is 9.17. The zero-order valence-corrected chi connectivity index (χ0v) is 28.1. The van der Waals surface area contributed by atoms with Gasteiger partial charge < -0.3 is 19.5 Å². The Morgan fingerprint density at radius 2 is 1.96 bits per heavy atom. The van der Waals surface area contributed by atoms with Gasteiger partial charge in [0.25, 0.3) is 5.91 Å². The molecule has 1 saturated carbocycles. The third kappa shape index (κ3) is 6.40. The minimum Gasteiger partial charge on any atom is -0.490 e. The Morgan fingerprint density at radius 1 is 1.15 bits per heavy atom. The van der Waals surface area contributed by atoms with Crippen LogP contribution in [0, 0.1) is 23.7 Å². The van der Waals surface area contributed by atoms with E-state index in [0.29, 0.717) is 30.5 Å². The Labute approximate surface area is 276 Å². The molecule has 0 aromatic heterocycles. The maximum atomic E-state index is 13.5. The average Bonchev–Trinajstić information content (AvgIpc) is 3.15. The molecule has 2 N–H and O–H groups in total. The Hall–Kier alpha value is -3.08. The normalized spacial score (nSPS) is 33.0. The molecule has 2 aromatic rings. The second-order valence-electron chi connectivity index (χ2n) is 13.7. The molecule has 0 unspecified atom stereocenters. The lowest BCUT2D eigenvalue weighted by atomic mass is 9.68. The SMILES string of the molecule is C[C@@H]1[C@@H](C)S(=O)(=O)NC(=O)c2ccc3c(c2)N(C[C@@H]2CC[C@H]2[C@@H](OCC(=O)O)/C=C\[C@@H]1C)C[C@@]1(CCCc2cc(Cl)ccc21)CO3. The van der Waals surface area contributed by atoms with E-state index in [9.17, 15) is 23.1 Å². The number of amides is 1. The number of carbonyl (C=O) groups is 2. The molecule has 0 saturated heterocycles. The number of anilines is 1. The number of nitrogens with zero attached hydrogens (tertiary/aromatic N) is 1. The Bertz CT molecular complexity index is 1650. The van der Waals surface area contributed by atoms with E-state index in [-0.39, 0.29) is 34.7 Å². The number of hydrogen-bond acceptors (Lipinski definition) is 7. The van der Waals surface area contributed by atoms with Crippen molar-refractivity contribution in [2.45, 2.75) is 69.6 Å². The Morgan fingerprint density at radius 3 is 2.70 bits per heavy atom. The molecule has 1 spiro atoms. The van der Waals surface area contributed by atoms with E-state index in [4.69, 9.17) is 21.1 Å². The maximum absolute atomic E-state index is 13.5. The first-order chi connectivity index (χ1) is 21.9. The molecule has 2 aromatic carbocycles. The summed E-state index contributed by atoms with van der Waals surface area (Å²) in [5.41, 5.74) is 3.12. The van der Waals surface area contributed by atoms with Gasteiger partial charge in [0.15, 0.2) is 0 Å². The highest BCUT2D eigenvalue weighted by Gasteiger charge is 2.45. The number of carboxylic acids is 1. The summed E-state index contributed by atoms with van der Waals surface area (Å²) in [6.07, 6.45) is 8.13. The number of rotatable bonds is 3. The predicted molar refractivity (Wildman–Crippen MR) is 177 cm³/mol. The number of carboxylic acid groups (broad SMARTS) is 1. The lowest BCUT2D eigenvalue weighted by Crippen LogP contribution is -2.50. The molecule has 2 aliphatic heterocycles. The number of sulfonamides is 1. The van der Waals surface area contributed by atoms with Crippen LogP contribution in [0.2, 0.25) is 5.02 Å². The van der Waals surface area contributed by atoms with Crippen LogP contribution >= 0.6 is 11.6 Å². The van der Waals surface area contributed by atoms with Crippen molar-refractivity contribution in [2.24, 2.45) is 23.7 Å². The number of aryl methyl sites for hydroxylation is 1. The molecule has 7 atom stereocenters. The van der Waals surface area contributed by atoms with Gasteiger partial charge in [-0.3, -0.25) is 4.79 Å². The second-order valence-corrected chi connectivity index (χ2v) is 16.2. The number of carbonyl (C=O) groups excluding carboxylic acids is 1. The van der Waals surface area contributed by atoms with Gasteiger partial charge in [-0.05, 0) is 104 Å². The molecule has 2 bridgehead atoms. The van der Waals surface area contributed by atoms with Crippen LogP contribution in [0.1, 0.15) is 67.9 Å². The fourth-order valence-electron chi connectivity index (χ4n) is 7.73. The van der Waals surface area contributed by atoms with Gasteiger partial charge in [0.05, 0.1) is 23.6 Å². The summed E-state index contributed by atoms with van der Waals surface area (Å²) < 4.78 is 41.7. The van der Waals surface area contributed by atoms with Crippen molar-refractivity contribution in [1.82, 2.24) is 4.72 Å². The Balaban J connectivity index is 1.43. The molecule has 4 aliphatic rings. The van der Waals surface area contributed by atoms with Crippen LogP contribution in [0.5, 0.6) is 5.75 Å². The summed E-state index contributed by atoms with van der Waals surface area (Å²) in [6.45, 7) is 6.72. The first kappa shape index (κ1) is 32.8. The highest BCUT2D eigenvalue weighted by atomic mass is 35.5. The van der Waals surface area contributed by atoms with Gasteiger partial charge in [-0.25, -0.2) is 17.9 Å². The molecule has 46 heavy (non-hydrogen) atoms. The van der Waals surface area contributed by atoms with E-state index in [2.05, 4.69) is 21.8 Å². The third-order valence-corrected chi connectivity index (χ3v) is 13.1. The molecule has 248 valence electrons. The fraction of sp³-hybridized carbons (Fsp3) is 0.543. The molecule has 2 aliphatic carbocycles. The summed E-state index contributed by atoms with van der Waals surface area (Å²) in [5.74, 6) is -1.26. The van der Waals surface area contributed by atoms with Gasteiger partial charge in [0.2, 0.25) is 10.0 Å². The molecule has 9 nitrogen and oxygen atoms in total. The molecular formula is C35H43ClN2O7S. The van der Waals surface area contributed by atoms with Crippen molar-refractivity contribution < 1.29 is 32.6 Å². The molecule has 0 radical (unpaired) electrons. The zero-order chi connectivity index (χ0) is 32.8. The van der Waals surface area contributed by atoms with Crippen LogP contribution in [-0.4, -0.2) is 63.1 Å². The first-order valence-electron chi connectivity index (χ1n) is 16.3. The third-order valence-electron chi connectivity index (χ3n) is 11.0. The van der Waals surface area contributed by atoms with Gasteiger partial charge in [-0.15, -0.1) is 0 Å². The van der Waals surface area contributed by atoms with Crippen LogP contribution < -0.4 is 14.4 Å². The molecule has 1 fully saturated rings. The lowest BCUT2D eigenvalue weighted by molar-refractivity contribution is -0.145. The summed E-state index contributed by atoms with van der Waals surface area (Å²) in [6, 6.07) is 11.2. The van der Waals surface area contributed by atoms with E-state index < -0.39 is 39.9 Å². The van der Waals surface area contributed by atoms with Gasteiger partial charge >= 0.3 is 5.97 Å². The zero-order valence-electron chi connectivity index (χ0n) is 26.6. The number of benzene rings is 2. The van der Waals surface area contributed by atoms with E-state index >= 15 is 0 Å². The minimum absolute atomic E-state index is 0.0830. The van der Waals surface area contributed by atoms with E-state index in [0.717, 1.165) is 37.8 Å². The lowest BCUT2D eigenvalue weighted by Gasteiger charge is -2.46. The minimum atomic E-state index is -4.01. The predicted octanol–water partition coefficient (Wildman–Crippen LogP) is 5.60. The standard InChI is InChI=1S/C35H43ClN2O7S/c1-21-6-12-31(44-18-33(39)40)28-10-7-26(28)17-38-19-35(14-4-5-24-15-27(36)9-11-29(24)35)20-45-32-13-8-25(16-30(32)38)34(41)37-46(42,43)23(3)22(21)2/h6,8-9,11-13,15-16,21-23,26,28,31H,4-5,7,10,14,17-20H2,1-3H3,(H,37,41)(H,39,40)/b12-6-/t21-,22-,23+,26-,28+,31-,35-/m0/s1. The van der Waals surface area contributed by atoms with E-state index in [1.165, 1.54) is 11.1 Å². The van der Waals surface area contributed by atoms with Gasteiger partial charge in [-0.1, -0.05) is 43.7 Å². The summed E-state index contributed by atoms with van der Waals surface area (Å²) in [4.78, 5) is 27.3. The number of halogens is 1. The number of nitrogens with one attached hydrogen (secondary N) is 1. The monoisotopic (exact) mass is 670 g/mol. The fourth-order valence-corrected chi connectivity index (χ4v) is 9.30. The van der Waals surface area contributed by atoms with Crippen molar-refractivity contribution in [3.8, 4) is 5.75 Å². The first-order valence-corrected chi connectivity index (χ1v) is 18.2. The molecule has 6 rings (SSSR count). The smallest absolute Gasteiger partial charge is 0.329 e. The summed E-state index contributed by atoms with van der Waals surface area (Å²) >= 11 is 6.41. The molecular weight excluding hydrogens is 628 g/mol. The largest absolute Gasteiger partial charge is 0.490 e. The highest BCUT2D eigenvalue weighted by Crippen LogP contribution is 2.47. The molecule has 2 heterocycles. The topological polar surface area (TPSA) is 122 Å². The van der Waals surface area contributed by atoms with Crippen LogP contribution in [0.3, 0.4) is 0 Å². The summed E-state index contributed by atoms with van der Waals surface area (Å²) in [5, 5.41) is 9.29. The van der Waals surface area contributed by atoms with Gasteiger partial charge in [0, 0.05) is 29.1 Å². The number of hydrogen-bond donors (Lipinski definition) is 2. The number of allylic oxidation sites excluding steroid dienone is 1. The van der Waals surface area contributed by atoms with Crippen LogP contribution in [-0.2, 0) is 31.4 Å². The summed E-state index contributed by atoms with van der Waals surface area (Å²) in [7, 11) is -4.01. The van der Waals surface area contributed by atoms with E-state index in [1.807, 2.05) is 32.1 Å². The van der Waals surface area contributed by atoms with Crippen molar-refractivity contribution in [1.29, 1.82) is 0 Å². The highest BCUT2D eigenvalue weighted by molar-refractivity contribution is 7.90. The average molecular weight is 671 g/mol. The van der Waals surface area contributed by atoms with Crippen LogP contribution in [0.4, 0.5) is 5.69 Å². The molecule has 1 amide bonds. The number of ether oxygens (including phenoxy) is 2. The van der Waals surface area contributed by atoms with Crippen LogP contribution in [0.25, 0.3) is 0 Å².